The number of hydrogen-bond acceptors (Lipinski definition) is 3. The topological polar surface area (TPSA) is 49.4 Å². The molecule has 1 unspecified atom stereocenters. The fourth-order valence-electron chi connectivity index (χ4n) is 3.20. The third-order valence-electron chi connectivity index (χ3n) is 4.50. The molecule has 1 amide bonds. The molecule has 124 valence electrons. The molecule has 2 aromatic rings. The summed E-state index contributed by atoms with van der Waals surface area (Å²) < 4.78 is 0. The van der Waals surface area contributed by atoms with Crippen LogP contribution in [0, 0.1) is 0 Å². The van der Waals surface area contributed by atoms with Gasteiger partial charge in [0.15, 0.2) is 5.78 Å². The molecule has 0 aromatic heterocycles. The van der Waals surface area contributed by atoms with Crippen LogP contribution in [0.25, 0.3) is 0 Å². The molecule has 1 heterocycles. The molecule has 0 fully saturated rings. The fourth-order valence-corrected chi connectivity index (χ4v) is 3.20. The maximum absolute atomic E-state index is 12.2. The summed E-state index contributed by atoms with van der Waals surface area (Å²) in [7, 11) is 0. The Morgan fingerprint density at radius 2 is 1.83 bits per heavy atom. The van der Waals surface area contributed by atoms with Crippen molar-refractivity contribution < 1.29 is 9.59 Å². The number of ketones is 1. The smallest absolute Gasteiger partial charge is 0.226 e. The predicted molar refractivity (Wildman–Crippen MR) is 96.6 cm³/mol. The Hall–Kier alpha value is -2.62. The number of fused-ring (bicyclic) bond motifs is 1. The highest BCUT2D eigenvalue weighted by molar-refractivity contribution is 5.95. The van der Waals surface area contributed by atoms with Crippen LogP contribution in [0.3, 0.4) is 0 Å². The Bertz CT molecular complexity index is 752. The minimum atomic E-state index is -0.0119. The molecule has 0 bridgehead atoms. The minimum absolute atomic E-state index is 0.0119. The molecule has 1 aliphatic rings. The summed E-state index contributed by atoms with van der Waals surface area (Å²) in [6, 6.07) is 15.8. The largest absolute Gasteiger partial charge is 0.368 e. The van der Waals surface area contributed by atoms with Gasteiger partial charge in [0.2, 0.25) is 5.91 Å². The number of amides is 1. The van der Waals surface area contributed by atoms with Crippen molar-refractivity contribution in [1.29, 1.82) is 0 Å². The minimum Gasteiger partial charge on any atom is -0.368 e. The van der Waals surface area contributed by atoms with Crippen LogP contribution in [0.4, 0.5) is 11.4 Å². The van der Waals surface area contributed by atoms with Gasteiger partial charge in [0.25, 0.3) is 0 Å². The van der Waals surface area contributed by atoms with E-state index in [4.69, 9.17) is 0 Å². The average Bonchev–Trinajstić information content (AvgIpc) is 2.88. The lowest BCUT2D eigenvalue weighted by molar-refractivity contribution is -0.116. The first-order chi connectivity index (χ1) is 11.5. The molecule has 0 radical (unpaired) electrons. The highest BCUT2D eigenvalue weighted by atomic mass is 16.1. The average molecular weight is 322 g/mol. The van der Waals surface area contributed by atoms with Gasteiger partial charge in [0.05, 0.1) is 0 Å². The zero-order valence-corrected chi connectivity index (χ0v) is 14.1. The summed E-state index contributed by atoms with van der Waals surface area (Å²) in [5.41, 5.74) is 3.96. The lowest BCUT2D eigenvalue weighted by atomic mass is 10.1. The normalized spacial score (nSPS) is 15.9. The van der Waals surface area contributed by atoms with Crippen LogP contribution in [-0.4, -0.2) is 24.3 Å². The van der Waals surface area contributed by atoms with Crippen molar-refractivity contribution in [3.05, 3.63) is 59.7 Å². The van der Waals surface area contributed by atoms with Crippen LogP contribution in [0.15, 0.2) is 48.5 Å². The molecule has 1 atom stereocenters. The molecule has 0 saturated carbocycles. The van der Waals surface area contributed by atoms with E-state index in [1.54, 1.807) is 24.3 Å². The Kier molecular flexibility index (Phi) is 4.65. The van der Waals surface area contributed by atoms with Gasteiger partial charge in [-0.25, -0.2) is 0 Å². The van der Waals surface area contributed by atoms with Crippen LogP contribution in [0.5, 0.6) is 0 Å². The van der Waals surface area contributed by atoms with E-state index in [0.717, 1.165) is 12.1 Å². The van der Waals surface area contributed by atoms with Gasteiger partial charge in [-0.05, 0) is 56.2 Å². The molecule has 4 nitrogen and oxygen atoms in total. The maximum atomic E-state index is 12.2. The van der Waals surface area contributed by atoms with Crippen molar-refractivity contribution in [3.8, 4) is 0 Å². The Morgan fingerprint density at radius 1 is 1.12 bits per heavy atom. The molecule has 4 heteroatoms. The van der Waals surface area contributed by atoms with E-state index in [1.807, 2.05) is 6.07 Å². The first kappa shape index (κ1) is 16.2. The number of carbonyl (C=O) groups is 2. The molecule has 1 N–H and O–H groups in total. The Labute approximate surface area is 142 Å². The third kappa shape index (κ3) is 3.48. The summed E-state index contributed by atoms with van der Waals surface area (Å²) in [5.74, 6) is 0.0109. The molecular weight excluding hydrogens is 300 g/mol. The Balaban J connectivity index is 1.57. The zero-order valence-electron chi connectivity index (χ0n) is 14.1. The van der Waals surface area contributed by atoms with Crippen LogP contribution in [0.2, 0.25) is 0 Å². The van der Waals surface area contributed by atoms with Gasteiger partial charge in [-0.2, -0.15) is 0 Å². The monoisotopic (exact) mass is 322 g/mol. The Morgan fingerprint density at radius 3 is 2.54 bits per heavy atom. The van der Waals surface area contributed by atoms with E-state index < -0.39 is 0 Å². The maximum Gasteiger partial charge on any atom is 0.226 e. The fraction of sp³-hybridized carbons (Fsp3) is 0.300. The van der Waals surface area contributed by atoms with E-state index in [9.17, 15) is 9.59 Å². The van der Waals surface area contributed by atoms with E-state index in [2.05, 4.69) is 35.3 Å². The second kappa shape index (κ2) is 6.87. The molecule has 24 heavy (non-hydrogen) atoms. The lowest BCUT2D eigenvalue weighted by Crippen LogP contribution is -2.32. The number of benzene rings is 2. The van der Waals surface area contributed by atoms with Crippen LogP contribution in [0.1, 0.15) is 36.2 Å². The first-order valence-corrected chi connectivity index (χ1v) is 8.30. The quantitative estimate of drug-likeness (QED) is 0.855. The molecule has 1 aliphatic heterocycles. The number of anilines is 2. The van der Waals surface area contributed by atoms with Crippen molar-refractivity contribution in [2.75, 3.05) is 16.8 Å². The summed E-state index contributed by atoms with van der Waals surface area (Å²) >= 11 is 0. The number of para-hydroxylation sites is 1. The number of carbonyl (C=O) groups excluding carboxylic acids is 2. The molecule has 2 aromatic carbocycles. The van der Waals surface area contributed by atoms with Gasteiger partial charge in [-0.3, -0.25) is 9.59 Å². The predicted octanol–water partition coefficient (Wildman–Crippen LogP) is 3.67. The summed E-state index contributed by atoms with van der Waals surface area (Å²) in [4.78, 5) is 25.8. The SMILES string of the molecule is CC(=O)c1ccc(NC(=O)CCN2c3ccccc3CC2C)cc1. The van der Waals surface area contributed by atoms with Gasteiger partial charge in [-0.15, -0.1) is 0 Å². The molecule has 0 spiro atoms. The highest BCUT2D eigenvalue weighted by Crippen LogP contribution is 2.31. The number of rotatable bonds is 5. The van der Waals surface area contributed by atoms with Crippen molar-refractivity contribution in [2.24, 2.45) is 0 Å². The van der Waals surface area contributed by atoms with Crippen molar-refractivity contribution in [1.82, 2.24) is 0 Å². The van der Waals surface area contributed by atoms with Gasteiger partial charge in [0.1, 0.15) is 0 Å². The number of nitrogens with zero attached hydrogens (tertiary/aromatic N) is 1. The number of hydrogen-bond donors (Lipinski definition) is 1. The standard InChI is InChI=1S/C20H22N2O2/c1-14-13-17-5-3-4-6-19(17)22(14)12-11-20(24)21-18-9-7-16(8-10-18)15(2)23/h3-10,14H,11-13H2,1-2H3,(H,21,24). The molecule has 3 rings (SSSR count). The van der Waals surface area contributed by atoms with Gasteiger partial charge in [-0.1, -0.05) is 18.2 Å². The highest BCUT2D eigenvalue weighted by Gasteiger charge is 2.25. The van der Waals surface area contributed by atoms with Crippen LogP contribution >= 0.6 is 0 Å². The first-order valence-electron chi connectivity index (χ1n) is 8.30. The second-order valence-electron chi connectivity index (χ2n) is 6.31. The summed E-state index contributed by atoms with van der Waals surface area (Å²) in [6.45, 7) is 4.43. The molecule has 0 aliphatic carbocycles. The number of Topliss-reactive ketones (excluding diaryl/α,β-unsaturated/α-hetero) is 1. The molecular formula is C20H22N2O2. The second-order valence-corrected chi connectivity index (χ2v) is 6.31. The van der Waals surface area contributed by atoms with E-state index >= 15 is 0 Å². The molecule has 0 saturated heterocycles. The van der Waals surface area contributed by atoms with Gasteiger partial charge < -0.3 is 10.2 Å². The van der Waals surface area contributed by atoms with Gasteiger partial charge >= 0.3 is 0 Å². The third-order valence-corrected chi connectivity index (χ3v) is 4.50. The van der Waals surface area contributed by atoms with Crippen LogP contribution in [-0.2, 0) is 11.2 Å². The number of nitrogens with one attached hydrogen (secondary N) is 1. The lowest BCUT2D eigenvalue weighted by Gasteiger charge is -2.24. The zero-order chi connectivity index (χ0) is 17.1. The summed E-state index contributed by atoms with van der Waals surface area (Å²) in [6.07, 6.45) is 1.47. The van der Waals surface area contributed by atoms with Crippen LogP contribution < -0.4 is 10.2 Å². The summed E-state index contributed by atoms with van der Waals surface area (Å²) in [5, 5.41) is 2.89. The van der Waals surface area contributed by atoms with Crippen molar-refractivity contribution in [2.45, 2.75) is 32.7 Å². The van der Waals surface area contributed by atoms with E-state index in [1.165, 1.54) is 18.2 Å². The van der Waals surface area contributed by atoms with Crippen molar-refractivity contribution >= 4 is 23.1 Å². The van der Waals surface area contributed by atoms with E-state index in [0.29, 0.717) is 24.6 Å². The van der Waals surface area contributed by atoms with Gasteiger partial charge in [0, 0.05) is 35.9 Å². The van der Waals surface area contributed by atoms with Crippen molar-refractivity contribution in [3.63, 3.8) is 0 Å². The van der Waals surface area contributed by atoms with E-state index in [-0.39, 0.29) is 11.7 Å².